The first kappa shape index (κ1) is 14.9. The molecule has 0 unspecified atom stereocenters. The van der Waals surface area contributed by atoms with Crippen LogP contribution in [0, 0.1) is 0 Å². The molecule has 0 heterocycles. The molecule has 0 bridgehead atoms. The maximum Gasteiger partial charge on any atom is 0.364 e. The van der Waals surface area contributed by atoms with Crippen LogP contribution in [0.25, 0.3) is 0 Å². The van der Waals surface area contributed by atoms with Gasteiger partial charge >= 0.3 is 12.3 Å². The first-order valence-corrected chi connectivity index (χ1v) is 5.60. The molecule has 0 aliphatic heterocycles. The van der Waals surface area contributed by atoms with Crippen molar-refractivity contribution in [3.8, 4) is 5.75 Å². The van der Waals surface area contributed by atoms with Gasteiger partial charge < -0.3 is 4.74 Å². The zero-order valence-electron chi connectivity index (χ0n) is 9.22. The molecule has 0 spiro atoms. The van der Waals surface area contributed by atoms with Gasteiger partial charge in [-0.25, -0.2) is 8.78 Å². The highest BCUT2D eigenvalue weighted by molar-refractivity contribution is 9.10. The maximum absolute atomic E-state index is 12.8. The quantitative estimate of drug-likeness (QED) is 0.774. The standard InChI is InChI=1S/C11H9BrF4O2/c1-18-8-3-2-7(12)4-6(8)5-9(17)11(15,16)10(13)14/h2-4,10H,5H2,1H3. The van der Waals surface area contributed by atoms with E-state index < -0.39 is 24.6 Å². The van der Waals surface area contributed by atoms with E-state index in [1.807, 2.05) is 0 Å². The number of halogens is 5. The molecule has 0 amide bonds. The van der Waals surface area contributed by atoms with E-state index in [1.54, 1.807) is 6.07 Å². The van der Waals surface area contributed by atoms with Crippen molar-refractivity contribution in [1.29, 1.82) is 0 Å². The Labute approximate surface area is 109 Å². The van der Waals surface area contributed by atoms with E-state index in [0.717, 1.165) is 0 Å². The van der Waals surface area contributed by atoms with Gasteiger partial charge in [0.05, 0.1) is 7.11 Å². The summed E-state index contributed by atoms with van der Waals surface area (Å²) in [4.78, 5) is 11.2. The molecule has 1 rings (SSSR count). The molecule has 7 heteroatoms. The van der Waals surface area contributed by atoms with Crippen LogP contribution in [0.1, 0.15) is 5.56 Å². The summed E-state index contributed by atoms with van der Waals surface area (Å²) in [7, 11) is 1.29. The molecule has 100 valence electrons. The molecule has 0 N–H and O–H groups in total. The largest absolute Gasteiger partial charge is 0.496 e. The number of ketones is 1. The molecular formula is C11H9BrF4O2. The number of rotatable bonds is 5. The monoisotopic (exact) mass is 328 g/mol. The lowest BCUT2D eigenvalue weighted by Crippen LogP contribution is -2.37. The zero-order valence-corrected chi connectivity index (χ0v) is 10.8. The van der Waals surface area contributed by atoms with Gasteiger partial charge in [0.15, 0.2) is 0 Å². The second kappa shape index (κ2) is 5.69. The third-order valence-corrected chi connectivity index (χ3v) is 2.73. The molecular weight excluding hydrogens is 320 g/mol. The number of hydrogen-bond donors (Lipinski definition) is 0. The van der Waals surface area contributed by atoms with Crippen molar-refractivity contribution in [3.63, 3.8) is 0 Å². The van der Waals surface area contributed by atoms with Crippen molar-refractivity contribution in [2.45, 2.75) is 18.8 Å². The molecule has 0 aliphatic rings. The van der Waals surface area contributed by atoms with Gasteiger partial charge in [-0.05, 0) is 18.2 Å². The molecule has 0 fully saturated rings. The minimum atomic E-state index is -4.65. The predicted octanol–water partition coefficient (Wildman–Crippen LogP) is 3.47. The van der Waals surface area contributed by atoms with E-state index in [-0.39, 0.29) is 11.3 Å². The van der Waals surface area contributed by atoms with Gasteiger partial charge in [-0.2, -0.15) is 8.78 Å². The van der Waals surface area contributed by atoms with Gasteiger partial charge in [0.1, 0.15) is 5.75 Å². The van der Waals surface area contributed by atoms with Gasteiger partial charge in [-0.15, -0.1) is 0 Å². The van der Waals surface area contributed by atoms with Crippen LogP contribution >= 0.6 is 15.9 Å². The number of carbonyl (C=O) groups excluding carboxylic acids is 1. The Morgan fingerprint density at radius 1 is 1.44 bits per heavy atom. The molecule has 2 nitrogen and oxygen atoms in total. The van der Waals surface area contributed by atoms with Crippen LogP contribution in [0.2, 0.25) is 0 Å². The van der Waals surface area contributed by atoms with Gasteiger partial charge in [0, 0.05) is 16.5 Å². The average molecular weight is 329 g/mol. The molecule has 0 radical (unpaired) electrons. The lowest BCUT2D eigenvalue weighted by atomic mass is 10.0. The van der Waals surface area contributed by atoms with Crippen molar-refractivity contribution in [3.05, 3.63) is 28.2 Å². The molecule has 1 aromatic rings. The third-order valence-electron chi connectivity index (χ3n) is 2.24. The van der Waals surface area contributed by atoms with Crippen molar-refractivity contribution in [2.24, 2.45) is 0 Å². The van der Waals surface area contributed by atoms with Gasteiger partial charge in [0.2, 0.25) is 5.78 Å². The van der Waals surface area contributed by atoms with E-state index in [1.165, 1.54) is 19.2 Å². The van der Waals surface area contributed by atoms with Gasteiger partial charge in [0.25, 0.3) is 0 Å². The van der Waals surface area contributed by atoms with Crippen LogP contribution in [0.15, 0.2) is 22.7 Å². The Morgan fingerprint density at radius 3 is 2.56 bits per heavy atom. The Bertz CT molecular complexity index is 449. The Kier molecular flexibility index (Phi) is 4.72. The summed E-state index contributed by atoms with van der Waals surface area (Å²) in [6, 6.07) is 4.41. The number of methoxy groups -OCH3 is 1. The van der Waals surface area contributed by atoms with Crippen LogP contribution in [-0.4, -0.2) is 25.2 Å². The van der Waals surface area contributed by atoms with E-state index in [4.69, 9.17) is 4.74 Å². The fourth-order valence-electron chi connectivity index (χ4n) is 1.30. The van der Waals surface area contributed by atoms with Gasteiger partial charge in [-0.3, -0.25) is 4.79 Å². The van der Waals surface area contributed by atoms with Crippen LogP contribution in [0.5, 0.6) is 5.75 Å². The van der Waals surface area contributed by atoms with Crippen LogP contribution < -0.4 is 4.74 Å². The smallest absolute Gasteiger partial charge is 0.364 e. The van der Waals surface area contributed by atoms with Crippen molar-refractivity contribution in [1.82, 2.24) is 0 Å². The summed E-state index contributed by atoms with van der Waals surface area (Å²) in [5.41, 5.74) is 0.122. The number of Topliss-reactive ketones (excluding diaryl/α,β-unsaturated/α-hetero) is 1. The topological polar surface area (TPSA) is 26.3 Å². The van der Waals surface area contributed by atoms with Gasteiger partial charge in [-0.1, -0.05) is 15.9 Å². The number of ether oxygens (including phenoxy) is 1. The third kappa shape index (κ3) is 3.22. The Hall–Kier alpha value is -1.11. The molecule has 0 atom stereocenters. The summed E-state index contributed by atoms with van der Waals surface area (Å²) in [6.07, 6.45) is -4.83. The summed E-state index contributed by atoms with van der Waals surface area (Å²) >= 11 is 3.09. The Morgan fingerprint density at radius 2 is 2.06 bits per heavy atom. The fourth-order valence-corrected chi connectivity index (χ4v) is 1.71. The minimum Gasteiger partial charge on any atom is -0.496 e. The first-order valence-electron chi connectivity index (χ1n) is 4.80. The normalized spacial score (nSPS) is 11.7. The highest BCUT2D eigenvalue weighted by atomic mass is 79.9. The molecule has 1 aromatic carbocycles. The van der Waals surface area contributed by atoms with Crippen LogP contribution in [0.4, 0.5) is 17.6 Å². The molecule has 0 aromatic heterocycles. The highest BCUT2D eigenvalue weighted by Crippen LogP contribution is 2.29. The number of hydrogen-bond acceptors (Lipinski definition) is 2. The average Bonchev–Trinajstić information content (AvgIpc) is 2.29. The molecule has 0 saturated heterocycles. The molecule has 0 aliphatic carbocycles. The summed E-state index contributed by atoms with van der Waals surface area (Å²) in [6.45, 7) is 0. The maximum atomic E-state index is 12.8. The number of alkyl halides is 4. The summed E-state index contributed by atoms with van der Waals surface area (Å²) in [5.74, 6) is -6.29. The zero-order chi connectivity index (χ0) is 13.9. The fraction of sp³-hybridized carbons (Fsp3) is 0.364. The second-order valence-corrected chi connectivity index (χ2v) is 4.40. The summed E-state index contributed by atoms with van der Waals surface area (Å²) in [5, 5.41) is 0. The van der Waals surface area contributed by atoms with Crippen LogP contribution in [0.3, 0.4) is 0 Å². The number of benzene rings is 1. The Balaban J connectivity index is 2.98. The van der Waals surface area contributed by atoms with E-state index >= 15 is 0 Å². The number of carbonyl (C=O) groups is 1. The van der Waals surface area contributed by atoms with Crippen molar-refractivity contribution in [2.75, 3.05) is 7.11 Å². The van der Waals surface area contributed by atoms with E-state index in [2.05, 4.69) is 15.9 Å². The molecule has 18 heavy (non-hydrogen) atoms. The summed E-state index contributed by atoms with van der Waals surface area (Å²) < 4.78 is 55.1. The highest BCUT2D eigenvalue weighted by Gasteiger charge is 2.48. The predicted molar refractivity (Wildman–Crippen MR) is 60.4 cm³/mol. The van der Waals surface area contributed by atoms with Crippen LogP contribution in [-0.2, 0) is 11.2 Å². The SMILES string of the molecule is COc1ccc(Br)cc1CC(=O)C(F)(F)C(F)F. The minimum absolute atomic E-state index is 0.122. The van der Waals surface area contributed by atoms with Crippen molar-refractivity contribution >= 4 is 21.7 Å². The van der Waals surface area contributed by atoms with Crippen molar-refractivity contribution < 1.29 is 27.1 Å². The first-order chi connectivity index (χ1) is 8.28. The van der Waals surface area contributed by atoms with E-state index in [9.17, 15) is 22.4 Å². The molecule has 0 saturated carbocycles. The lowest BCUT2D eigenvalue weighted by molar-refractivity contribution is -0.166. The lowest BCUT2D eigenvalue weighted by Gasteiger charge is -2.15. The second-order valence-electron chi connectivity index (χ2n) is 3.48. The van der Waals surface area contributed by atoms with E-state index in [0.29, 0.717) is 4.47 Å².